The summed E-state index contributed by atoms with van der Waals surface area (Å²) in [6.07, 6.45) is 1.29. The quantitative estimate of drug-likeness (QED) is 0.810. The van der Waals surface area contributed by atoms with E-state index in [1.165, 1.54) is 24.5 Å². The molecule has 96 valence electrons. The molecule has 1 atom stereocenters. The summed E-state index contributed by atoms with van der Waals surface area (Å²) in [5.74, 6) is -0.318. The molecule has 0 radical (unpaired) electrons. The van der Waals surface area contributed by atoms with Crippen molar-refractivity contribution in [1.29, 1.82) is 0 Å². The Kier molecular flexibility index (Phi) is 2.75. The van der Waals surface area contributed by atoms with Crippen LogP contribution in [-0.2, 0) is 4.79 Å². The molecular weight excluding hydrogens is 273 g/mol. The van der Waals surface area contributed by atoms with E-state index in [0.29, 0.717) is 11.5 Å². The molecule has 2 N–H and O–H groups in total. The van der Waals surface area contributed by atoms with Gasteiger partial charge in [-0.25, -0.2) is 9.38 Å². The van der Waals surface area contributed by atoms with Crippen LogP contribution in [0.15, 0.2) is 33.2 Å². The number of anilines is 1. The zero-order chi connectivity index (χ0) is 13.4. The summed E-state index contributed by atoms with van der Waals surface area (Å²) in [7, 11) is 0. The molecule has 8 heteroatoms. The molecule has 1 unspecified atom stereocenters. The van der Waals surface area contributed by atoms with Gasteiger partial charge < -0.3 is 5.32 Å². The van der Waals surface area contributed by atoms with Gasteiger partial charge in [-0.3, -0.25) is 15.1 Å². The minimum absolute atomic E-state index is 0.0212. The molecule has 1 aromatic rings. The fourth-order valence-electron chi connectivity index (χ4n) is 1.67. The van der Waals surface area contributed by atoms with Crippen LogP contribution in [0.2, 0.25) is 5.02 Å². The van der Waals surface area contributed by atoms with Crippen molar-refractivity contribution in [3.63, 3.8) is 0 Å². The van der Waals surface area contributed by atoms with Crippen molar-refractivity contribution >= 4 is 41.3 Å². The van der Waals surface area contributed by atoms with Crippen molar-refractivity contribution in [3.8, 4) is 0 Å². The lowest BCUT2D eigenvalue weighted by atomic mass is 10.2. The van der Waals surface area contributed by atoms with E-state index in [4.69, 9.17) is 11.6 Å². The maximum Gasteiger partial charge on any atom is 0.259 e. The Morgan fingerprint density at radius 3 is 3.05 bits per heavy atom. The van der Waals surface area contributed by atoms with E-state index >= 15 is 0 Å². The van der Waals surface area contributed by atoms with E-state index in [1.54, 1.807) is 0 Å². The van der Waals surface area contributed by atoms with Gasteiger partial charge >= 0.3 is 0 Å². The minimum atomic E-state index is -0.678. The molecule has 0 saturated carbocycles. The summed E-state index contributed by atoms with van der Waals surface area (Å²) in [5.41, 5.74) is 0.503. The van der Waals surface area contributed by atoms with Crippen LogP contribution >= 0.6 is 11.6 Å². The summed E-state index contributed by atoms with van der Waals surface area (Å²) in [5, 5.41) is 5.34. The third-order valence-electron chi connectivity index (χ3n) is 2.55. The van der Waals surface area contributed by atoms with E-state index < -0.39 is 11.9 Å². The normalized spacial score (nSPS) is 20.5. The Bertz CT molecular complexity index is 654. The number of halogens is 2. The molecule has 19 heavy (non-hydrogen) atoms. The lowest BCUT2D eigenvalue weighted by Crippen LogP contribution is -2.48. The Labute approximate surface area is 112 Å². The van der Waals surface area contributed by atoms with Crippen LogP contribution in [0.25, 0.3) is 0 Å². The first-order valence-corrected chi connectivity index (χ1v) is 5.72. The predicted molar refractivity (Wildman–Crippen MR) is 70.3 cm³/mol. The predicted octanol–water partition coefficient (Wildman–Crippen LogP) is 1.19. The molecule has 3 rings (SSSR count). The first-order valence-electron chi connectivity index (χ1n) is 5.34. The van der Waals surface area contributed by atoms with Gasteiger partial charge in [0.2, 0.25) is 5.96 Å². The van der Waals surface area contributed by atoms with Crippen LogP contribution in [0.5, 0.6) is 0 Å². The topological polar surface area (TPSA) is 78.2 Å². The van der Waals surface area contributed by atoms with Gasteiger partial charge in [0.1, 0.15) is 12.2 Å². The number of guanidine groups is 1. The van der Waals surface area contributed by atoms with E-state index in [9.17, 15) is 9.18 Å². The summed E-state index contributed by atoms with van der Waals surface area (Å²) >= 11 is 5.66. The number of carbonyl (C=O) groups excluding carboxylic acids is 1. The number of amides is 1. The van der Waals surface area contributed by atoms with Crippen molar-refractivity contribution in [2.45, 2.75) is 6.04 Å². The SMILES string of the molecule is O=C1NC(Nc2ccc(F)c(Cl)c2)=NC2=NC=NC12. The van der Waals surface area contributed by atoms with Crippen molar-refractivity contribution in [2.75, 3.05) is 5.32 Å². The second-order valence-electron chi connectivity index (χ2n) is 3.86. The monoisotopic (exact) mass is 279 g/mol. The van der Waals surface area contributed by atoms with Gasteiger partial charge in [-0.15, -0.1) is 0 Å². The van der Waals surface area contributed by atoms with Gasteiger partial charge in [-0.1, -0.05) is 11.6 Å². The van der Waals surface area contributed by atoms with Gasteiger partial charge in [0.15, 0.2) is 11.9 Å². The zero-order valence-electron chi connectivity index (χ0n) is 9.39. The molecule has 6 nitrogen and oxygen atoms in total. The van der Waals surface area contributed by atoms with Crippen molar-refractivity contribution in [3.05, 3.63) is 29.0 Å². The van der Waals surface area contributed by atoms with Crippen LogP contribution < -0.4 is 10.6 Å². The number of carbonyl (C=O) groups is 1. The fourth-order valence-corrected chi connectivity index (χ4v) is 1.85. The molecular formula is C11H7ClFN5O. The Hall–Kier alpha value is -2.28. The third-order valence-corrected chi connectivity index (χ3v) is 2.84. The number of fused-ring (bicyclic) bond motifs is 1. The maximum absolute atomic E-state index is 13.0. The molecule has 2 aliphatic rings. The summed E-state index contributed by atoms with van der Waals surface area (Å²) < 4.78 is 13.0. The summed E-state index contributed by atoms with van der Waals surface area (Å²) in [4.78, 5) is 23.5. The standard InChI is InChI=1S/C11H7ClFN5O/c12-6-3-5(1-2-7(6)13)16-11-17-9-8(10(19)18-11)14-4-15-9/h1-4,8H,(H2,14,15,16,17,18,19). The lowest BCUT2D eigenvalue weighted by Gasteiger charge is -2.18. The van der Waals surface area contributed by atoms with Crippen LogP contribution in [0.4, 0.5) is 10.1 Å². The van der Waals surface area contributed by atoms with E-state index in [1.807, 2.05) is 0 Å². The highest BCUT2D eigenvalue weighted by Gasteiger charge is 2.31. The molecule has 0 fully saturated rings. The molecule has 2 aliphatic heterocycles. The number of nitrogens with zero attached hydrogens (tertiary/aromatic N) is 3. The highest BCUT2D eigenvalue weighted by Crippen LogP contribution is 2.19. The molecule has 1 aromatic carbocycles. The molecule has 1 amide bonds. The van der Waals surface area contributed by atoms with E-state index in [0.717, 1.165) is 0 Å². The lowest BCUT2D eigenvalue weighted by molar-refractivity contribution is -0.119. The van der Waals surface area contributed by atoms with Gasteiger partial charge in [0.05, 0.1) is 5.02 Å². The van der Waals surface area contributed by atoms with Gasteiger partial charge in [0.25, 0.3) is 5.91 Å². The number of hydrogen-bond donors (Lipinski definition) is 2. The average Bonchev–Trinajstić information content (AvgIpc) is 2.82. The van der Waals surface area contributed by atoms with Crippen LogP contribution in [0.1, 0.15) is 0 Å². The Morgan fingerprint density at radius 2 is 2.26 bits per heavy atom. The molecule has 0 aliphatic carbocycles. The number of benzene rings is 1. The minimum Gasteiger partial charge on any atom is -0.326 e. The molecule has 0 bridgehead atoms. The van der Waals surface area contributed by atoms with E-state index in [-0.39, 0.29) is 16.9 Å². The number of nitrogens with one attached hydrogen (secondary N) is 2. The second-order valence-corrected chi connectivity index (χ2v) is 4.27. The average molecular weight is 280 g/mol. The fraction of sp³-hybridized carbons (Fsp3) is 0.0909. The van der Waals surface area contributed by atoms with Gasteiger partial charge in [-0.2, -0.15) is 4.99 Å². The highest BCUT2D eigenvalue weighted by molar-refractivity contribution is 6.31. The first-order chi connectivity index (χ1) is 9.13. The van der Waals surface area contributed by atoms with E-state index in [2.05, 4.69) is 25.6 Å². The van der Waals surface area contributed by atoms with Crippen LogP contribution in [0.3, 0.4) is 0 Å². The highest BCUT2D eigenvalue weighted by atomic mass is 35.5. The number of aliphatic imine (C=N–C) groups is 3. The van der Waals surface area contributed by atoms with Gasteiger partial charge in [0, 0.05) is 5.69 Å². The summed E-state index contributed by atoms with van der Waals surface area (Å²) in [6.45, 7) is 0. The van der Waals surface area contributed by atoms with Crippen LogP contribution in [0, 0.1) is 5.82 Å². The number of amidine groups is 1. The van der Waals surface area contributed by atoms with Crippen molar-refractivity contribution in [2.24, 2.45) is 15.0 Å². The van der Waals surface area contributed by atoms with Crippen molar-refractivity contribution in [1.82, 2.24) is 5.32 Å². The molecule has 0 aromatic heterocycles. The number of hydrogen-bond acceptors (Lipinski definition) is 5. The summed E-state index contributed by atoms with van der Waals surface area (Å²) in [6, 6.07) is 3.41. The van der Waals surface area contributed by atoms with Crippen molar-refractivity contribution < 1.29 is 9.18 Å². The molecule has 2 heterocycles. The first kappa shape index (κ1) is 11.8. The number of rotatable bonds is 1. The van der Waals surface area contributed by atoms with Gasteiger partial charge in [-0.05, 0) is 18.2 Å². The zero-order valence-corrected chi connectivity index (χ0v) is 10.1. The van der Waals surface area contributed by atoms with Crippen LogP contribution in [-0.4, -0.2) is 30.1 Å². The largest absolute Gasteiger partial charge is 0.326 e. The molecule has 0 saturated heterocycles. The maximum atomic E-state index is 13.0. The molecule has 0 spiro atoms. The second kappa shape index (κ2) is 4.43. The third kappa shape index (κ3) is 2.19. The Morgan fingerprint density at radius 1 is 1.42 bits per heavy atom. The Balaban J connectivity index is 1.84. The smallest absolute Gasteiger partial charge is 0.259 e.